The smallest absolute Gasteiger partial charge is 0.309 e. The van der Waals surface area contributed by atoms with E-state index in [1.807, 2.05) is 0 Å². The predicted octanol–water partition coefficient (Wildman–Crippen LogP) is 2.90. The van der Waals surface area contributed by atoms with Crippen LogP contribution >= 0.6 is 15.9 Å². The molecule has 104 valence electrons. The molecule has 0 aliphatic heterocycles. The second-order valence-corrected chi connectivity index (χ2v) is 5.61. The van der Waals surface area contributed by atoms with Gasteiger partial charge < -0.3 is 15.2 Å². The maximum absolute atomic E-state index is 11.8. The van der Waals surface area contributed by atoms with Gasteiger partial charge in [-0.3, -0.25) is 9.59 Å². The van der Waals surface area contributed by atoms with Crippen molar-refractivity contribution in [3.05, 3.63) is 22.7 Å². The van der Waals surface area contributed by atoms with Crippen LogP contribution in [0.2, 0.25) is 0 Å². The average Bonchev–Trinajstić information content (AvgIpc) is 2.31. The molecular weight excluding hydrogens is 314 g/mol. The van der Waals surface area contributed by atoms with Gasteiger partial charge in [0.15, 0.2) is 0 Å². The molecule has 5 nitrogen and oxygen atoms in total. The Hall–Kier alpha value is -1.56. The molecule has 0 fully saturated rings. The van der Waals surface area contributed by atoms with Crippen molar-refractivity contribution in [3.63, 3.8) is 0 Å². The second kappa shape index (κ2) is 6.06. The molecule has 0 unspecified atom stereocenters. The van der Waals surface area contributed by atoms with Crippen LogP contribution in [0.1, 0.15) is 20.3 Å². The number of halogens is 1. The molecule has 0 aliphatic carbocycles. The minimum absolute atomic E-state index is 0.105. The molecule has 0 spiro atoms. The van der Waals surface area contributed by atoms with Crippen molar-refractivity contribution in [3.8, 4) is 5.75 Å². The molecule has 1 aromatic carbocycles. The van der Waals surface area contributed by atoms with E-state index in [1.54, 1.807) is 18.2 Å². The van der Waals surface area contributed by atoms with Gasteiger partial charge in [-0.15, -0.1) is 0 Å². The van der Waals surface area contributed by atoms with Gasteiger partial charge in [-0.2, -0.15) is 0 Å². The highest BCUT2D eigenvalue weighted by Gasteiger charge is 2.30. The van der Waals surface area contributed by atoms with E-state index in [-0.39, 0.29) is 12.3 Å². The molecule has 19 heavy (non-hydrogen) atoms. The number of anilines is 1. The summed E-state index contributed by atoms with van der Waals surface area (Å²) < 4.78 is 5.77. The van der Waals surface area contributed by atoms with Gasteiger partial charge >= 0.3 is 5.97 Å². The topological polar surface area (TPSA) is 75.6 Å². The van der Waals surface area contributed by atoms with Crippen LogP contribution in [0.3, 0.4) is 0 Å². The third-order valence-corrected chi connectivity index (χ3v) is 3.32. The number of hydrogen-bond donors (Lipinski definition) is 2. The number of ether oxygens (including phenoxy) is 1. The molecule has 0 saturated heterocycles. The first-order valence-electron chi connectivity index (χ1n) is 5.63. The predicted molar refractivity (Wildman–Crippen MR) is 75.4 cm³/mol. The van der Waals surface area contributed by atoms with Gasteiger partial charge in [0.25, 0.3) is 0 Å². The number of methoxy groups -OCH3 is 1. The lowest BCUT2D eigenvalue weighted by molar-refractivity contribution is -0.148. The number of carboxylic acids is 1. The van der Waals surface area contributed by atoms with Gasteiger partial charge in [0.05, 0.1) is 18.2 Å². The van der Waals surface area contributed by atoms with Crippen LogP contribution < -0.4 is 10.1 Å². The quantitative estimate of drug-likeness (QED) is 0.870. The van der Waals surface area contributed by atoms with Crippen LogP contribution in [0, 0.1) is 5.41 Å². The fourth-order valence-corrected chi connectivity index (χ4v) is 1.74. The summed E-state index contributed by atoms with van der Waals surface area (Å²) in [6, 6.07) is 5.16. The summed E-state index contributed by atoms with van der Waals surface area (Å²) in [5.41, 5.74) is -0.555. The number of carbonyl (C=O) groups excluding carboxylic acids is 1. The Bertz CT molecular complexity index is 499. The van der Waals surface area contributed by atoms with Crippen molar-refractivity contribution in [2.45, 2.75) is 20.3 Å². The van der Waals surface area contributed by atoms with E-state index in [0.717, 1.165) is 0 Å². The molecule has 1 rings (SSSR count). The Kier molecular flexibility index (Phi) is 4.94. The van der Waals surface area contributed by atoms with E-state index in [1.165, 1.54) is 21.0 Å². The van der Waals surface area contributed by atoms with Crippen molar-refractivity contribution in [1.82, 2.24) is 0 Å². The van der Waals surface area contributed by atoms with Gasteiger partial charge in [0.2, 0.25) is 5.91 Å². The number of hydrogen-bond acceptors (Lipinski definition) is 3. The van der Waals surface area contributed by atoms with Gasteiger partial charge in [-0.05, 0) is 41.9 Å². The number of nitrogens with one attached hydrogen (secondary N) is 1. The Labute approximate surface area is 120 Å². The Morgan fingerprint density at radius 2 is 2.05 bits per heavy atom. The van der Waals surface area contributed by atoms with Gasteiger partial charge in [0.1, 0.15) is 5.75 Å². The third-order valence-electron chi connectivity index (χ3n) is 2.63. The van der Waals surface area contributed by atoms with E-state index in [0.29, 0.717) is 15.9 Å². The normalized spacial score (nSPS) is 10.9. The molecule has 0 atom stereocenters. The van der Waals surface area contributed by atoms with Gasteiger partial charge in [-0.1, -0.05) is 0 Å². The highest BCUT2D eigenvalue weighted by atomic mass is 79.9. The van der Waals surface area contributed by atoms with Crippen LogP contribution in [0.25, 0.3) is 0 Å². The number of aliphatic carboxylic acids is 1. The van der Waals surface area contributed by atoms with E-state index in [9.17, 15) is 9.59 Å². The standard InChI is InChI=1S/C13H16BrNO4/c1-13(2,12(17)18)7-11(16)15-10-6-8(19-3)4-5-9(10)14/h4-6H,7H2,1-3H3,(H,15,16)(H,17,18). The van der Waals surface area contributed by atoms with Crippen molar-refractivity contribution in [2.24, 2.45) is 5.41 Å². The molecule has 1 amide bonds. The minimum atomic E-state index is -1.10. The molecule has 0 aromatic heterocycles. The average molecular weight is 330 g/mol. The number of rotatable bonds is 5. The SMILES string of the molecule is COc1ccc(Br)c(NC(=O)CC(C)(C)C(=O)O)c1. The Balaban J connectivity index is 2.80. The zero-order chi connectivity index (χ0) is 14.6. The lowest BCUT2D eigenvalue weighted by atomic mass is 9.89. The lowest BCUT2D eigenvalue weighted by Crippen LogP contribution is -2.29. The third kappa shape index (κ3) is 4.24. The van der Waals surface area contributed by atoms with Crippen LogP contribution in [-0.4, -0.2) is 24.1 Å². The zero-order valence-electron chi connectivity index (χ0n) is 11.0. The van der Waals surface area contributed by atoms with E-state index < -0.39 is 11.4 Å². The van der Waals surface area contributed by atoms with Gasteiger partial charge in [0, 0.05) is 17.0 Å². The summed E-state index contributed by atoms with van der Waals surface area (Å²) in [5, 5.41) is 11.7. The molecule has 0 aliphatic rings. The summed E-state index contributed by atoms with van der Waals surface area (Å²) in [6.07, 6.45) is -0.105. The summed E-state index contributed by atoms with van der Waals surface area (Å²) in [4.78, 5) is 22.8. The molecule has 1 aromatic rings. The first-order chi connectivity index (χ1) is 8.76. The Morgan fingerprint density at radius 1 is 1.42 bits per heavy atom. The number of carbonyl (C=O) groups is 2. The largest absolute Gasteiger partial charge is 0.497 e. The molecule has 6 heteroatoms. The minimum Gasteiger partial charge on any atom is -0.497 e. The van der Waals surface area contributed by atoms with Crippen LogP contribution in [0.15, 0.2) is 22.7 Å². The maximum Gasteiger partial charge on any atom is 0.309 e. The van der Waals surface area contributed by atoms with Crippen molar-refractivity contribution in [2.75, 3.05) is 12.4 Å². The first-order valence-corrected chi connectivity index (χ1v) is 6.42. The van der Waals surface area contributed by atoms with Crippen molar-refractivity contribution in [1.29, 1.82) is 0 Å². The van der Waals surface area contributed by atoms with Crippen LogP contribution in [0.5, 0.6) is 5.75 Å². The lowest BCUT2D eigenvalue weighted by Gasteiger charge is -2.18. The fraction of sp³-hybridized carbons (Fsp3) is 0.385. The zero-order valence-corrected chi connectivity index (χ0v) is 12.6. The summed E-state index contributed by atoms with van der Waals surface area (Å²) in [7, 11) is 1.53. The summed E-state index contributed by atoms with van der Waals surface area (Å²) in [6.45, 7) is 3.02. The summed E-state index contributed by atoms with van der Waals surface area (Å²) >= 11 is 3.31. The molecule has 0 saturated carbocycles. The van der Waals surface area contributed by atoms with E-state index in [4.69, 9.17) is 9.84 Å². The molecule has 0 heterocycles. The van der Waals surface area contributed by atoms with Gasteiger partial charge in [-0.25, -0.2) is 0 Å². The fourth-order valence-electron chi connectivity index (χ4n) is 1.40. The second-order valence-electron chi connectivity index (χ2n) is 4.76. The van der Waals surface area contributed by atoms with E-state index >= 15 is 0 Å². The van der Waals surface area contributed by atoms with Crippen molar-refractivity contribution < 1.29 is 19.4 Å². The summed E-state index contributed by atoms with van der Waals surface area (Å²) in [5.74, 6) is -0.760. The van der Waals surface area contributed by atoms with Crippen LogP contribution in [0.4, 0.5) is 5.69 Å². The maximum atomic E-state index is 11.8. The number of amides is 1. The molecule has 2 N–H and O–H groups in total. The van der Waals surface area contributed by atoms with Crippen LogP contribution in [-0.2, 0) is 9.59 Å². The highest BCUT2D eigenvalue weighted by Crippen LogP contribution is 2.28. The van der Waals surface area contributed by atoms with Crippen molar-refractivity contribution >= 4 is 33.5 Å². The van der Waals surface area contributed by atoms with E-state index in [2.05, 4.69) is 21.2 Å². The highest BCUT2D eigenvalue weighted by molar-refractivity contribution is 9.10. The first kappa shape index (κ1) is 15.5. The number of carboxylic acid groups (broad SMARTS) is 1. The number of benzene rings is 1. The Morgan fingerprint density at radius 3 is 2.58 bits per heavy atom. The molecule has 0 bridgehead atoms. The monoisotopic (exact) mass is 329 g/mol. The molecule has 0 radical (unpaired) electrons. The molecular formula is C13H16BrNO4.